The van der Waals surface area contributed by atoms with Crippen molar-refractivity contribution in [3.63, 3.8) is 0 Å². The topological polar surface area (TPSA) is 78.4 Å². The zero-order valence-corrected chi connectivity index (χ0v) is 9.91. The molecule has 17 heavy (non-hydrogen) atoms. The Labute approximate surface area is 99.8 Å². The average Bonchev–Trinajstić information content (AvgIpc) is 2.29. The van der Waals surface area contributed by atoms with E-state index in [1.165, 1.54) is 12.1 Å². The van der Waals surface area contributed by atoms with Gasteiger partial charge >= 0.3 is 12.0 Å². The number of amides is 2. The Morgan fingerprint density at radius 3 is 2.65 bits per heavy atom. The van der Waals surface area contributed by atoms with E-state index in [-0.39, 0.29) is 11.6 Å². The van der Waals surface area contributed by atoms with Crippen molar-refractivity contribution in [3.05, 3.63) is 29.3 Å². The summed E-state index contributed by atoms with van der Waals surface area (Å²) in [5.41, 5.74) is 1.49. The Kier molecular flexibility index (Phi) is 4.51. The van der Waals surface area contributed by atoms with Crippen LogP contribution in [-0.4, -0.2) is 23.7 Å². The summed E-state index contributed by atoms with van der Waals surface area (Å²) in [5, 5.41) is 14.1. The van der Waals surface area contributed by atoms with Crippen LogP contribution in [0.15, 0.2) is 18.2 Å². The fourth-order valence-electron chi connectivity index (χ4n) is 1.29. The molecular formula is C12H16N2O3. The van der Waals surface area contributed by atoms with Gasteiger partial charge in [-0.2, -0.15) is 0 Å². The average molecular weight is 236 g/mol. The molecule has 1 aromatic carbocycles. The lowest BCUT2D eigenvalue weighted by Crippen LogP contribution is -2.29. The van der Waals surface area contributed by atoms with Crippen molar-refractivity contribution in [1.29, 1.82) is 0 Å². The van der Waals surface area contributed by atoms with Crippen molar-refractivity contribution in [2.45, 2.75) is 20.3 Å². The number of aryl methyl sites for hydroxylation is 1. The Bertz CT molecular complexity index is 430. The van der Waals surface area contributed by atoms with Crippen LogP contribution in [0.2, 0.25) is 0 Å². The third-order valence-electron chi connectivity index (χ3n) is 2.27. The summed E-state index contributed by atoms with van der Waals surface area (Å²) >= 11 is 0. The normalized spacial score (nSPS) is 9.76. The number of carboxylic acid groups (broad SMARTS) is 1. The second-order valence-corrected chi connectivity index (χ2v) is 3.72. The van der Waals surface area contributed by atoms with Gasteiger partial charge < -0.3 is 15.7 Å². The van der Waals surface area contributed by atoms with Crippen molar-refractivity contribution in [1.82, 2.24) is 5.32 Å². The van der Waals surface area contributed by atoms with Gasteiger partial charge in [-0.1, -0.05) is 13.0 Å². The number of carbonyl (C=O) groups is 2. The minimum atomic E-state index is -1.01. The second-order valence-electron chi connectivity index (χ2n) is 3.72. The molecule has 0 atom stereocenters. The van der Waals surface area contributed by atoms with Gasteiger partial charge in [0.15, 0.2) is 0 Å². The SMILES string of the molecule is CCCNC(=O)Nc1cc(C(=O)O)ccc1C. The molecule has 0 fully saturated rings. The van der Waals surface area contributed by atoms with Gasteiger partial charge in [0.2, 0.25) is 0 Å². The van der Waals surface area contributed by atoms with E-state index in [2.05, 4.69) is 10.6 Å². The van der Waals surface area contributed by atoms with Crippen molar-refractivity contribution in [2.24, 2.45) is 0 Å². The van der Waals surface area contributed by atoms with E-state index in [0.29, 0.717) is 12.2 Å². The van der Waals surface area contributed by atoms with Crippen molar-refractivity contribution in [3.8, 4) is 0 Å². The zero-order chi connectivity index (χ0) is 12.8. The van der Waals surface area contributed by atoms with Crippen molar-refractivity contribution < 1.29 is 14.7 Å². The van der Waals surface area contributed by atoms with Gasteiger partial charge in [0, 0.05) is 12.2 Å². The zero-order valence-electron chi connectivity index (χ0n) is 9.91. The van der Waals surface area contributed by atoms with Gasteiger partial charge in [-0.05, 0) is 31.0 Å². The third-order valence-corrected chi connectivity index (χ3v) is 2.27. The van der Waals surface area contributed by atoms with E-state index in [4.69, 9.17) is 5.11 Å². The molecule has 0 unspecified atom stereocenters. The van der Waals surface area contributed by atoms with Gasteiger partial charge in [0.05, 0.1) is 5.56 Å². The minimum absolute atomic E-state index is 0.154. The molecular weight excluding hydrogens is 220 g/mol. The van der Waals surface area contributed by atoms with Gasteiger partial charge in [-0.15, -0.1) is 0 Å². The van der Waals surface area contributed by atoms with Gasteiger partial charge in [0.25, 0.3) is 0 Å². The van der Waals surface area contributed by atoms with Crippen LogP contribution in [0.4, 0.5) is 10.5 Å². The Hall–Kier alpha value is -2.04. The van der Waals surface area contributed by atoms with Crippen LogP contribution in [0.5, 0.6) is 0 Å². The molecule has 0 aliphatic heterocycles. The summed E-state index contributed by atoms with van der Waals surface area (Å²) in [6.45, 7) is 4.35. The highest BCUT2D eigenvalue weighted by Gasteiger charge is 2.08. The number of carboxylic acids is 1. The molecule has 0 bridgehead atoms. The summed E-state index contributed by atoms with van der Waals surface area (Å²) < 4.78 is 0. The lowest BCUT2D eigenvalue weighted by molar-refractivity contribution is 0.0697. The first-order chi connectivity index (χ1) is 8.04. The Morgan fingerprint density at radius 1 is 1.35 bits per heavy atom. The van der Waals surface area contributed by atoms with E-state index < -0.39 is 5.97 Å². The molecule has 0 aromatic heterocycles. The Balaban J connectivity index is 2.79. The molecule has 0 saturated carbocycles. The quantitative estimate of drug-likeness (QED) is 0.750. The lowest BCUT2D eigenvalue weighted by Gasteiger charge is -2.10. The van der Waals surface area contributed by atoms with Crippen LogP contribution in [0.3, 0.4) is 0 Å². The molecule has 2 amide bonds. The molecule has 0 aliphatic rings. The van der Waals surface area contributed by atoms with Crippen molar-refractivity contribution in [2.75, 3.05) is 11.9 Å². The summed E-state index contributed by atoms with van der Waals surface area (Å²) in [6.07, 6.45) is 0.849. The molecule has 0 aliphatic carbocycles. The Morgan fingerprint density at radius 2 is 2.06 bits per heavy atom. The maximum Gasteiger partial charge on any atom is 0.335 e. The summed E-state index contributed by atoms with van der Waals surface area (Å²) in [5.74, 6) is -1.01. The number of carbonyl (C=O) groups excluding carboxylic acids is 1. The maximum atomic E-state index is 11.4. The van der Waals surface area contributed by atoms with E-state index in [9.17, 15) is 9.59 Å². The van der Waals surface area contributed by atoms with Crippen LogP contribution in [0.25, 0.3) is 0 Å². The maximum absolute atomic E-state index is 11.4. The minimum Gasteiger partial charge on any atom is -0.478 e. The number of urea groups is 1. The number of anilines is 1. The highest BCUT2D eigenvalue weighted by atomic mass is 16.4. The van der Waals surface area contributed by atoms with Gasteiger partial charge in [0.1, 0.15) is 0 Å². The third kappa shape index (κ3) is 3.79. The highest BCUT2D eigenvalue weighted by molar-refractivity contribution is 5.93. The van der Waals surface area contributed by atoms with Crippen molar-refractivity contribution >= 4 is 17.7 Å². The molecule has 0 radical (unpaired) electrons. The first-order valence-corrected chi connectivity index (χ1v) is 5.43. The van der Waals surface area contributed by atoms with Crippen LogP contribution in [0.1, 0.15) is 29.3 Å². The van der Waals surface area contributed by atoms with Crippen LogP contribution >= 0.6 is 0 Å². The summed E-state index contributed by atoms with van der Waals surface area (Å²) in [4.78, 5) is 22.2. The highest BCUT2D eigenvalue weighted by Crippen LogP contribution is 2.16. The number of hydrogen-bond acceptors (Lipinski definition) is 2. The number of aromatic carboxylic acids is 1. The van der Waals surface area contributed by atoms with Gasteiger partial charge in [-0.25, -0.2) is 9.59 Å². The molecule has 0 saturated heterocycles. The van der Waals surface area contributed by atoms with E-state index in [0.717, 1.165) is 12.0 Å². The monoisotopic (exact) mass is 236 g/mol. The first-order valence-electron chi connectivity index (χ1n) is 5.43. The molecule has 1 aromatic rings. The standard InChI is InChI=1S/C12H16N2O3/c1-3-6-13-12(17)14-10-7-9(11(15)16)5-4-8(10)2/h4-5,7H,3,6H2,1-2H3,(H,15,16)(H2,13,14,17). The van der Waals surface area contributed by atoms with E-state index >= 15 is 0 Å². The largest absolute Gasteiger partial charge is 0.478 e. The van der Waals surface area contributed by atoms with Crippen LogP contribution in [0, 0.1) is 6.92 Å². The van der Waals surface area contributed by atoms with Crippen LogP contribution in [-0.2, 0) is 0 Å². The number of rotatable bonds is 4. The molecule has 0 heterocycles. The van der Waals surface area contributed by atoms with E-state index in [1.54, 1.807) is 13.0 Å². The molecule has 1 rings (SSSR count). The first kappa shape index (κ1) is 13.0. The predicted octanol–water partition coefficient (Wildman–Crippen LogP) is 2.22. The molecule has 5 heteroatoms. The molecule has 5 nitrogen and oxygen atoms in total. The second kappa shape index (κ2) is 5.89. The summed E-state index contributed by atoms with van der Waals surface area (Å²) in [6, 6.07) is 4.30. The number of hydrogen-bond donors (Lipinski definition) is 3. The van der Waals surface area contributed by atoms with E-state index in [1.807, 2.05) is 6.92 Å². The smallest absolute Gasteiger partial charge is 0.335 e. The number of nitrogens with one attached hydrogen (secondary N) is 2. The fraction of sp³-hybridized carbons (Fsp3) is 0.333. The van der Waals surface area contributed by atoms with Crippen LogP contribution < -0.4 is 10.6 Å². The fourth-order valence-corrected chi connectivity index (χ4v) is 1.29. The number of benzene rings is 1. The molecule has 3 N–H and O–H groups in total. The summed E-state index contributed by atoms with van der Waals surface area (Å²) in [7, 11) is 0. The molecule has 92 valence electrons. The lowest BCUT2D eigenvalue weighted by atomic mass is 10.1. The molecule has 0 spiro atoms. The predicted molar refractivity (Wildman–Crippen MR) is 65.5 cm³/mol. The van der Waals surface area contributed by atoms with Gasteiger partial charge in [-0.3, -0.25) is 0 Å².